The fourth-order valence-electron chi connectivity index (χ4n) is 4.59. The molecule has 0 unspecified atom stereocenters. The van der Waals surface area contributed by atoms with Crippen molar-refractivity contribution in [1.82, 2.24) is 0 Å². The van der Waals surface area contributed by atoms with Gasteiger partial charge in [0.05, 0.1) is 0 Å². The Balaban J connectivity index is 2.09. The van der Waals surface area contributed by atoms with Crippen LogP contribution in [-0.2, 0) is 8.85 Å². The Morgan fingerprint density at radius 2 is 1.03 bits per heavy atom. The van der Waals surface area contributed by atoms with Gasteiger partial charge in [-0.3, -0.25) is 0 Å². The van der Waals surface area contributed by atoms with E-state index in [9.17, 15) is 0 Å². The van der Waals surface area contributed by atoms with Crippen LogP contribution < -0.4 is 10.4 Å². The molecule has 3 heteroatoms. The van der Waals surface area contributed by atoms with E-state index in [0.717, 1.165) is 38.7 Å². The second-order valence-electron chi connectivity index (χ2n) is 9.34. The van der Waals surface area contributed by atoms with Gasteiger partial charge in [-0.2, -0.15) is 0 Å². The van der Waals surface area contributed by atoms with Gasteiger partial charge in [-0.1, -0.05) is 146 Å². The standard InChI is InChI=1S/C30H48O2Si/c1-4-7-8-9-10-11-12-13-20-27-31-33(29-23-16-14-17-24-29,30-25-18-15-19-26-30)32-28(21-5-2)22-6-3/h14-19,23-26,28H,4-13,20-22,27H2,1-3H3. The molecule has 0 atom stereocenters. The lowest BCUT2D eigenvalue weighted by Crippen LogP contribution is -2.64. The quantitative estimate of drug-likeness (QED) is 0.155. The van der Waals surface area contributed by atoms with Gasteiger partial charge in [-0.25, -0.2) is 0 Å². The van der Waals surface area contributed by atoms with Crippen LogP contribution in [0, 0.1) is 0 Å². The molecule has 0 fully saturated rings. The van der Waals surface area contributed by atoms with E-state index in [4.69, 9.17) is 8.85 Å². The Bertz CT molecular complexity index is 658. The van der Waals surface area contributed by atoms with Crippen molar-refractivity contribution in [2.45, 2.75) is 110 Å². The molecule has 0 aromatic heterocycles. The van der Waals surface area contributed by atoms with Crippen molar-refractivity contribution in [3.8, 4) is 0 Å². The minimum Gasteiger partial charge on any atom is -0.388 e. The van der Waals surface area contributed by atoms with E-state index >= 15 is 0 Å². The van der Waals surface area contributed by atoms with Crippen molar-refractivity contribution >= 4 is 18.9 Å². The second-order valence-corrected chi connectivity index (χ2v) is 12.3. The summed E-state index contributed by atoms with van der Waals surface area (Å²) in [5.74, 6) is 0. The third kappa shape index (κ3) is 9.76. The van der Waals surface area contributed by atoms with Gasteiger partial charge in [0.1, 0.15) is 0 Å². The van der Waals surface area contributed by atoms with Crippen molar-refractivity contribution in [2.24, 2.45) is 0 Å². The van der Waals surface area contributed by atoms with E-state index in [1.807, 2.05) is 0 Å². The zero-order valence-corrected chi connectivity index (χ0v) is 22.6. The Labute approximate surface area is 205 Å². The Morgan fingerprint density at radius 3 is 1.48 bits per heavy atom. The van der Waals surface area contributed by atoms with Crippen LogP contribution in [0.4, 0.5) is 0 Å². The predicted molar refractivity (Wildman–Crippen MR) is 146 cm³/mol. The maximum atomic E-state index is 7.09. The molecule has 0 aliphatic rings. The number of benzene rings is 2. The first-order valence-corrected chi connectivity index (χ1v) is 15.5. The third-order valence-corrected chi connectivity index (χ3v) is 9.88. The molecule has 0 heterocycles. The van der Waals surface area contributed by atoms with Crippen LogP contribution in [-0.4, -0.2) is 21.3 Å². The minimum absolute atomic E-state index is 0.246. The molecule has 2 aromatic carbocycles. The summed E-state index contributed by atoms with van der Waals surface area (Å²) in [6, 6.07) is 21.5. The van der Waals surface area contributed by atoms with Gasteiger partial charge < -0.3 is 8.85 Å². The number of hydrogen-bond acceptors (Lipinski definition) is 2. The Kier molecular flexibility index (Phi) is 14.4. The van der Waals surface area contributed by atoms with Gasteiger partial charge in [0, 0.05) is 12.7 Å². The molecular weight excluding hydrogens is 420 g/mol. The molecule has 0 aliphatic carbocycles. The largest absolute Gasteiger partial charge is 0.407 e. The molecule has 33 heavy (non-hydrogen) atoms. The maximum Gasteiger partial charge on any atom is 0.407 e. The highest BCUT2D eigenvalue weighted by Crippen LogP contribution is 2.20. The highest BCUT2D eigenvalue weighted by molar-refractivity contribution is 6.92. The summed E-state index contributed by atoms with van der Waals surface area (Å²) in [7, 11) is -2.78. The second kappa shape index (κ2) is 17.1. The topological polar surface area (TPSA) is 18.5 Å². The zero-order chi connectivity index (χ0) is 23.6. The Hall–Kier alpha value is -1.42. The zero-order valence-electron chi connectivity index (χ0n) is 21.6. The van der Waals surface area contributed by atoms with E-state index in [0.29, 0.717) is 0 Å². The number of rotatable bonds is 19. The summed E-state index contributed by atoms with van der Waals surface area (Å²) >= 11 is 0. The molecule has 0 spiro atoms. The predicted octanol–water partition coefficient (Wildman–Crippen LogP) is 7.78. The molecule has 0 saturated carbocycles. The average molecular weight is 469 g/mol. The first kappa shape index (κ1) is 27.8. The van der Waals surface area contributed by atoms with Gasteiger partial charge in [0.15, 0.2) is 0 Å². The lowest BCUT2D eigenvalue weighted by Gasteiger charge is -2.35. The maximum absolute atomic E-state index is 7.09. The van der Waals surface area contributed by atoms with E-state index < -0.39 is 8.56 Å². The van der Waals surface area contributed by atoms with Crippen molar-refractivity contribution in [3.63, 3.8) is 0 Å². The minimum atomic E-state index is -2.78. The summed E-state index contributed by atoms with van der Waals surface area (Å²) < 4.78 is 14.0. The van der Waals surface area contributed by atoms with Gasteiger partial charge in [0.2, 0.25) is 0 Å². The highest BCUT2D eigenvalue weighted by atomic mass is 28.4. The van der Waals surface area contributed by atoms with E-state index in [-0.39, 0.29) is 6.10 Å². The Morgan fingerprint density at radius 1 is 0.576 bits per heavy atom. The highest BCUT2D eigenvalue weighted by Gasteiger charge is 2.44. The third-order valence-electron chi connectivity index (χ3n) is 6.41. The van der Waals surface area contributed by atoms with E-state index in [2.05, 4.69) is 81.4 Å². The lowest BCUT2D eigenvalue weighted by molar-refractivity contribution is 0.115. The molecule has 2 nitrogen and oxygen atoms in total. The fourth-order valence-corrected chi connectivity index (χ4v) is 7.99. The first-order chi connectivity index (χ1) is 16.3. The summed E-state index contributed by atoms with van der Waals surface area (Å²) in [4.78, 5) is 0. The SMILES string of the molecule is CCCCCCCCCCCO[Si](OC(CCC)CCC)(c1ccccc1)c1ccccc1. The fraction of sp³-hybridized carbons (Fsp3) is 0.600. The average Bonchev–Trinajstić information content (AvgIpc) is 2.86. The summed E-state index contributed by atoms with van der Waals surface area (Å²) in [6.07, 6.45) is 16.6. The van der Waals surface area contributed by atoms with Crippen molar-refractivity contribution in [1.29, 1.82) is 0 Å². The van der Waals surface area contributed by atoms with Crippen LogP contribution in [0.25, 0.3) is 0 Å². The molecule has 0 aliphatic heterocycles. The summed E-state index contributed by atoms with van der Waals surface area (Å²) in [5, 5.41) is 2.45. The van der Waals surface area contributed by atoms with E-state index in [1.165, 1.54) is 61.7 Å². The molecule has 184 valence electrons. The van der Waals surface area contributed by atoms with Gasteiger partial charge >= 0.3 is 8.56 Å². The number of unbranched alkanes of at least 4 members (excludes halogenated alkanes) is 8. The van der Waals surface area contributed by atoms with Gasteiger partial charge in [0.25, 0.3) is 0 Å². The molecule has 0 radical (unpaired) electrons. The van der Waals surface area contributed by atoms with Crippen LogP contribution in [0.5, 0.6) is 0 Å². The molecule has 2 aromatic rings. The van der Waals surface area contributed by atoms with Crippen LogP contribution in [0.3, 0.4) is 0 Å². The summed E-state index contributed by atoms with van der Waals surface area (Å²) in [5.41, 5.74) is 0. The summed E-state index contributed by atoms with van der Waals surface area (Å²) in [6.45, 7) is 7.56. The van der Waals surface area contributed by atoms with Crippen LogP contribution in [0.15, 0.2) is 60.7 Å². The van der Waals surface area contributed by atoms with E-state index in [1.54, 1.807) is 0 Å². The lowest BCUT2D eigenvalue weighted by atomic mass is 10.1. The van der Waals surface area contributed by atoms with Crippen LogP contribution in [0.1, 0.15) is 104 Å². The molecule has 2 rings (SSSR count). The molecule has 0 amide bonds. The van der Waals surface area contributed by atoms with Crippen molar-refractivity contribution in [2.75, 3.05) is 6.61 Å². The first-order valence-electron chi connectivity index (χ1n) is 13.7. The van der Waals surface area contributed by atoms with Gasteiger partial charge in [-0.15, -0.1) is 0 Å². The monoisotopic (exact) mass is 468 g/mol. The molecule has 0 bridgehead atoms. The van der Waals surface area contributed by atoms with Crippen LogP contribution >= 0.6 is 0 Å². The number of hydrogen-bond donors (Lipinski definition) is 0. The van der Waals surface area contributed by atoms with Crippen molar-refractivity contribution < 1.29 is 8.85 Å². The van der Waals surface area contributed by atoms with Crippen molar-refractivity contribution in [3.05, 3.63) is 60.7 Å². The molecular formula is C30H48O2Si. The van der Waals surface area contributed by atoms with Crippen LogP contribution in [0.2, 0.25) is 0 Å². The molecule has 0 N–H and O–H groups in total. The normalized spacial score (nSPS) is 11.9. The van der Waals surface area contributed by atoms with Gasteiger partial charge in [-0.05, 0) is 29.6 Å². The smallest absolute Gasteiger partial charge is 0.388 e. The molecule has 0 saturated heterocycles.